The number of hydrogen-bond acceptors (Lipinski definition) is 3. The van der Waals surface area contributed by atoms with Crippen LogP contribution in [0.5, 0.6) is 0 Å². The maximum Gasteiger partial charge on any atom is 0.194 e. The van der Waals surface area contributed by atoms with Gasteiger partial charge < -0.3 is 5.32 Å². The smallest absolute Gasteiger partial charge is 0.194 e. The minimum Gasteiger partial charge on any atom is -0.351 e. The molecule has 12 heavy (non-hydrogen) atoms. The van der Waals surface area contributed by atoms with E-state index in [1.165, 1.54) is 0 Å². The lowest BCUT2D eigenvalue weighted by atomic mass is 9.92. The van der Waals surface area contributed by atoms with Crippen LogP contribution in [0, 0.1) is 0 Å². The van der Waals surface area contributed by atoms with Gasteiger partial charge in [0, 0.05) is 0 Å². The number of carbonyl (C=O) groups is 1. The summed E-state index contributed by atoms with van der Waals surface area (Å²) in [7, 11) is 0. The molecule has 1 heterocycles. The third-order valence-corrected chi connectivity index (χ3v) is 2.35. The number of thiocarbonyl (C=S) groups is 1. The molecule has 1 fully saturated rings. The van der Waals surface area contributed by atoms with Crippen LogP contribution in [0.2, 0.25) is 0 Å². The van der Waals surface area contributed by atoms with E-state index < -0.39 is 5.54 Å². The second kappa shape index (κ2) is 2.67. The number of hydrogen-bond donors (Lipinski definition) is 2. The molecule has 0 bridgehead atoms. The van der Waals surface area contributed by atoms with Gasteiger partial charge in [-0.1, -0.05) is 0 Å². The van der Waals surface area contributed by atoms with Crippen LogP contribution in [-0.2, 0) is 4.79 Å². The zero-order chi connectivity index (χ0) is 9.52. The topological polar surface area (TPSA) is 52.6 Å². The summed E-state index contributed by atoms with van der Waals surface area (Å²) < 4.78 is 0. The minimum atomic E-state index is -0.915. The molecule has 0 amide bonds. The van der Waals surface area contributed by atoms with E-state index in [9.17, 15) is 10.0 Å². The molecule has 5 heteroatoms. The second-order valence-corrected chi connectivity index (χ2v) is 3.79. The molecule has 2 N–H and O–H groups in total. The number of hydroxylamine groups is 2. The Morgan fingerprint density at radius 3 is 2.67 bits per heavy atom. The summed E-state index contributed by atoms with van der Waals surface area (Å²) >= 11 is 4.82. The number of rotatable bonds is 0. The SMILES string of the molecule is CC1NC(=S)N(O)C(C)(C)C1=O. The number of Topliss-reactive ketones (excluding diaryl/α,β-unsaturated/α-hetero) is 1. The zero-order valence-corrected chi connectivity index (χ0v) is 8.10. The Bertz CT molecular complexity index is 240. The summed E-state index contributed by atoms with van der Waals surface area (Å²) in [4.78, 5) is 11.5. The number of nitrogens with zero attached hydrogens (tertiary/aromatic N) is 1. The minimum absolute atomic E-state index is 0.0707. The first-order valence-corrected chi connectivity index (χ1v) is 4.12. The van der Waals surface area contributed by atoms with Crippen molar-refractivity contribution in [3.63, 3.8) is 0 Å². The third kappa shape index (κ3) is 1.19. The fourth-order valence-electron chi connectivity index (χ4n) is 1.20. The highest BCUT2D eigenvalue weighted by Gasteiger charge is 2.43. The lowest BCUT2D eigenvalue weighted by Crippen LogP contribution is -2.65. The van der Waals surface area contributed by atoms with Gasteiger partial charge in [0.05, 0.1) is 6.04 Å². The van der Waals surface area contributed by atoms with E-state index >= 15 is 0 Å². The van der Waals surface area contributed by atoms with Crippen molar-refractivity contribution in [2.24, 2.45) is 0 Å². The number of carbonyl (C=O) groups excluding carboxylic acids is 1. The van der Waals surface area contributed by atoms with Crippen molar-refractivity contribution in [1.29, 1.82) is 0 Å². The average molecular weight is 188 g/mol. The van der Waals surface area contributed by atoms with E-state index in [0.717, 1.165) is 5.06 Å². The van der Waals surface area contributed by atoms with Crippen LogP contribution in [0.4, 0.5) is 0 Å². The molecule has 1 aliphatic heterocycles. The predicted molar refractivity (Wildman–Crippen MR) is 47.9 cm³/mol. The molecule has 0 aromatic carbocycles. The zero-order valence-electron chi connectivity index (χ0n) is 7.29. The lowest BCUT2D eigenvalue weighted by molar-refractivity contribution is -0.153. The number of ketones is 1. The summed E-state index contributed by atoms with van der Waals surface area (Å²) in [6, 6.07) is -0.323. The fraction of sp³-hybridized carbons (Fsp3) is 0.714. The van der Waals surface area contributed by atoms with Gasteiger partial charge in [0.15, 0.2) is 10.9 Å². The molecule has 1 unspecified atom stereocenters. The molecule has 0 aliphatic carbocycles. The summed E-state index contributed by atoms with van der Waals surface area (Å²) in [5.41, 5.74) is -0.915. The van der Waals surface area contributed by atoms with Gasteiger partial charge in [-0.25, -0.2) is 5.06 Å². The van der Waals surface area contributed by atoms with E-state index in [4.69, 9.17) is 12.2 Å². The highest BCUT2D eigenvalue weighted by Crippen LogP contribution is 2.19. The van der Waals surface area contributed by atoms with E-state index in [1.54, 1.807) is 20.8 Å². The molecule has 1 rings (SSSR count). The van der Waals surface area contributed by atoms with Gasteiger partial charge in [0.1, 0.15) is 5.54 Å². The van der Waals surface area contributed by atoms with Crippen LogP contribution in [-0.4, -0.2) is 32.7 Å². The molecular weight excluding hydrogens is 176 g/mol. The van der Waals surface area contributed by atoms with Crippen LogP contribution < -0.4 is 5.32 Å². The number of nitrogens with one attached hydrogen (secondary N) is 1. The van der Waals surface area contributed by atoms with Gasteiger partial charge >= 0.3 is 0 Å². The van der Waals surface area contributed by atoms with Crippen LogP contribution in [0.25, 0.3) is 0 Å². The maximum absolute atomic E-state index is 11.5. The van der Waals surface area contributed by atoms with Crippen molar-refractivity contribution < 1.29 is 10.0 Å². The van der Waals surface area contributed by atoms with Crippen LogP contribution in [0.1, 0.15) is 20.8 Å². The van der Waals surface area contributed by atoms with Crippen LogP contribution in [0.15, 0.2) is 0 Å². The van der Waals surface area contributed by atoms with E-state index in [1.807, 2.05) is 0 Å². The van der Waals surface area contributed by atoms with Crippen molar-refractivity contribution in [2.75, 3.05) is 0 Å². The average Bonchev–Trinajstić information content (AvgIpc) is 1.99. The van der Waals surface area contributed by atoms with E-state index in [-0.39, 0.29) is 16.9 Å². The fourth-order valence-corrected chi connectivity index (χ4v) is 1.60. The van der Waals surface area contributed by atoms with Gasteiger partial charge in [0.25, 0.3) is 0 Å². The molecule has 0 aromatic heterocycles. The molecule has 68 valence electrons. The Balaban J connectivity index is 2.97. The quantitative estimate of drug-likeness (QED) is 0.536. The summed E-state index contributed by atoms with van der Waals surface area (Å²) in [6.07, 6.45) is 0. The van der Waals surface area contributed by atoms with Crippen LogP contribution in [0.3, 0.4) is 0 Å². The van der Waals surface area contributed by atoms with Gasteiger partial charge in [-0.2, -0.15) is 0 Å². The first kappa shape index (κ1) is 9.41. The second-order valence-electron chi connectivity index (χ2n) is 3.41. The normalized spacial score (nSPS) is 28.7. The molecule has 0 radical (unpaired) electrons. The van der Waals surface area contributed by atoms with Gasteiger partial charge in [-0.15, -0.1) is 0 Å². The molecule has 4 nitrogen and oxygen atoms in total. The Morgan fingerprint density at radius 2 is 2.17 bits per heavy atom. The maximum atomic E-state index is 11.5. The Kier molecular flexibility index (Phi) is 2.09. The van der Waals surface area contributed by atoms with Gasteiger partial charge in [-0.3, -0.25) is 10.0 Å². The third-order valence-electron chi connectivity index (χ3n) is 2.06. The van der Waals surface area contributed by atoms with Crippen molar-refractivity contribution in [1.82, 2.24) is 10.4 Å². The van der Waals surface area contributed by atoms with Crippen molar-refractivity contribution in [2.45, 2.75) is 32.4 Å². The van der Waals surface area contributed by atoms with Crippen molar-refractivity contribution in [3.05, 3.63) is 0 Å². The lowest BCUT2D eigenvalue weighted by Gasteiger charge is -2.40. The molecular formula is C7H12N2O2S. The first-order valence-electron chi connectivity index (χ1n) is 3.71. The predicted octanol–water partition coefficient (Wildman–Crippen LogP) is 0.302. The van der Waals surface area contributed by atoms with Crippen LogP contribution >= 0.6 is 12.2 Å². The van der Waals surface area contributed by atoms with E-state index in [2.05, 4.69) is 5.32 Å². The molecule has 0 spiro atoms. The highest BCUT2D eigenvalue weighted by molar-refractivity contribution is 7.80. The molecule has 0 aromatic rings. The van der Waals surface area contributed by atoms with Gasteiger partial charge in [0.2, 0.25) is 0 Å². The van der Waals surface area contributed by atoms with E-state index in [0.29, 0.717) is 0 Å². The van der Waals surface area contributed by atoms with Gasteiger partial charge in [-0.05, 0) is 33.0 Å². The standard InChI is InChI=1S/C7H12N2O2S/c1-4-5(10)7(2,3)9(11)6(12)8-4/h4,11H,1-3H3,(H,8,12). The van der Waals surface area contributed by atoms with Crippen molar-refractivity contribution >= 4 is 23.1 Å². The highest BCUT2D eigenvalue weighted by atomic mass is 32.1. The monoisotopic (exact) mass is 188 g/mol. The molecule has 1 saturated heterocycles. The molecule has 1 atom stereocenters. The molecule has 1 aliphatic rings. The molecule has 0 saturated carbocycles. The summed E-state index contributed by atoms with van der Waals surface area (Å²) in [5.74, 6) is -0.0707. The summed E-state index contributed by atoms with van der Waals surface area (Å²) in [5, 5.41) is 13.1. The van der Waals surface area contributed by atoms with Crippen molar-refractivity contribution in [3.8, 4) is 0 Å². The summed E-state index contributed by atoms with van der Waals surface area (Å²) in [6.45, 7) is 5.00. The largest absolute Gasteiger partial charge is 0.351 e. The first-order chi connectivity index (χ1) is 5.37. The Morgan fingerprint density at radius 1 is 1.67 bits per heavy atom. The Hall–Kier alpha value is -0.680. The Labute approximate surface area is 76.5 Å².